The molecule has 0 saturated carbocycles. The molecule has 2 rings (SSSR count). The molecular formula is C18H23N3O2. The SMILES string of the molecule is CCCNC(=O)c1cc(N)ccc1Nc1ccccc1OCC. The third kappa shape index (κ3) is 4.39. The topological polar surface area (TPSA) is 76.4 Å². The number of nitrogens with two attached hydrogens (primary N) is 1. The van der Waals surface area contributed by atoms with Gasteiger partial charge in [0, 0.05) is 12.2 Å². The second-order valence-electron chi connectivity index (χ2n) is 5.12. The van der Waals surface area contributed by atoms with E-state index in [0.29, 0.717) is 30.1 Å². The second kappa shape index (κ2) is 8.08. The van der Waals surface area contributed by atoms with Crippen molar-refractivity contribution in [1.29, 1.82) is 0 Å². The number of rotatable bonds is 7. The summed E-state index contributed by atoms with van der Waals surface area (Å²) in [6.07, 6.45) is 0.879. The summed E-state index contributed by atoms with van der Waals surface area (Å²) in [4.78, 5) is 12.3. The van der Waals surface area contributed by atoms with Crippen LogP contribution in [0.25, 0.3) is 0 Å². The molecule has 1 amide bonds. The molecule has 0 atom stereocenters. The lowest BCUT2D eigenvalue weighted by atomic mass is 10.1. The van der Waals surface area contributed by atoms with Gasteiger partial charge in [-0.15, -0.1) is 0 Å². The average molecular weight is 313 g/mol. The van der Waals surface area contributed by atoms with E-state index in [-0.39, 0.29) is 5.91 Å². The fourth-order valence-electron chi connectivity index (χ4n) is 2.19. The molecule has 5 nitrogen and oxygen atoms in total. The van der Waals surface area contributed by atoms with Gasteiger partial charge in [0.05, 0.1) is 23.5 Å². The molecule has 2 aromatic rings. The van der Waals surface area contributed by atoms with E-state index in [1.54, 1.807) is 18.2 Å². The van der Waals surface area contributed by atoms with Gasteiger partial charge < -0.3 is 21.1 Å². The molecule has 0 fully saturated rings. The van der Waals surface area contributed by atoms with Crippen molar-refractivity contribution in [3.8, 4) is 5.75 Å². The number of nitrogens with one attached hydrogen (secondary N) is 2. The molecule has 0 radical (unpaired) electrons. The van der Waals surface area contributed by atoms with E-state index in [1.165, 1.54) is 0 Å². The zero-order valence-corrected chi connectivity index (χ0v) is 13.6. The maximum absolute atomic E-state index is 12.3. The predicted molar refractivity (Wildman–Crippen MR) is 94.4 cm³/mol. The van der Waals surface area contributed by atoms with Crippen molar-refractivity contribution >= 4 is 23.0 Å². The highest BCUT2D eigenvalue weighted by atomic mass is 16.5. The van der Waals surface area contributed by atoms with Gasteiger partial charge in [-0.05, 0) is 43.7 Å². The number of anilines is 3. The number of carbonyl (C=O) groups is 1. The largest absolute Gasteiger partial charge is 0.492 e. The molecule has 122 valence electrons. The standard InChI is InChI=1S/C18H23N3O2/c1-3-11-20-18(22)14-12-13(19)9-10-15(14)21-16-7-5-6-8-17(16)23-4-2/h5-10,12,21H,3-4,11,19H2,1-2H3,(H,20,22). The molecule has 4 N–H and O–H groups in total. The van der Waals surface area contributed by atoms with E-state index in [0.717, 1.165) is 17.9 Å². The molecule has 0 unspecified atom stereocenters. The van der Waals surface area contributed by atoms with Crippen molar-refractivity contribution < 1.29 is 9.53 Å². The number of ether oxygens (including phenoxy) is 1. The van der Waals surface area contributed by atoms with E-state index < -0.39 is 0 Å². The lowest BCUT2D eigenvalue weighted by molar-refractivity contribution is 0.0954. The Balaban J connectivity index is 2.31. The molecule has 0 aliphatic heterocycles. The number of carbonyl (C=O) groups excluding carboxylic acids is 1. The minimum atomic E-state index is -0.143. The molecular weight excluding hydrogens is 290 g/mol. The number of hydrogen-bond donors (Lipinski definition) is 3. The van der Waals surface area contributed by atoms with Crippen molar-refractivity contribution in [3.05, 3.63) is 48.0 Å². The highest BCUT2D eigenvalue weighted by Crippen LogP contribution is 2.29. The average Bonchev–Trinajstić information content (AvgIpc) is 2.56. The van der Waals surface area contributed by atoms with Crippen LogP contribution in [0.4, 0.5) is 17.1 Å². The van der Waals surface area contributed by atoms with Crippen LogP contribution in [0.3, 0.4) is 0 Å². The van der Waals surface area contributed by atoms with Gasteiger partial charge in [-0.3, -0.25) is 4.79 Å². The van der Waals surface area contributed by atoms with Crippen LogP contribution in [0.5, 0.6) is 5.75 Å². The summed E-state index contributed by atoms with van der Waals surface area (Å²) in [6, 6.07) is 12.9. The monoisotopic (exact) mass is 313 g/mol. The Kier molecular flexibility index (Phi) is 5.86. The highest BCUT2D eigenvalue weighted by molar-refractivity contribution is 6.01. The summed E-state index contributed by atoms with van der Waals surface area (Å²) in [5.74, 6) is 0.599. The molecule has 5 heteroatoms. The van der Waals surface area contributed by atoms with Gasteiger partial charge in [0.2, 0.25) is 0 Å². The van der Waals surface area contributed by atoms with Gasteiger partial charge in [0.15, 0.2) is 0 Å². The zero-order chi connectivity index (χ0) is 16.7. The van der Waals surface area contributed by atoms with Crippen LogP contribution in [0.1, 0.15) is 30.6 Å². The number of para-hydroxylation sites is 2. The number of hydrogen-bond acceptors (Lipinski definition) is 4. The summed E-state index contributed by atoms with van der Waals surface area (Å²) in [7, 11) is 0. The first-order valence-electron chi connectivity index (χ1n) is 7.82. The van der Waals surface area contributed by atoms with Crippen LogP contribution in [-0.4, -0.2) is 19.1 Å². The van der Waals surface area contributed by atoms with Crippen LogP contribution >= 0.6 is 0 Å². The summed E-state index contributed by atoms with van der Waals surface area (Å²) in [5.41, 5.74) is 8.41. The van der Waals surface area contributed by atoms with Gasteiger partial charge in [0.25, 0.3) is 5.91 Å². The van der Waals surface area contributed by atoms with Crippen LogP contribution in [0.15, 0.2) is 42.5 Å². The lowest BCUT2D eigenvalue weighted by Gasteiger charge is -2.15. The molecule has 0 bridgehead atoms. The summed E-state index contributed by atoms with van der Waals surface area (Å²) in [6.45, 7) is 5.15. The van der Waals surface area contributed by atoms with Crippen molar-refractivity contribution in [1.82, 2.24) is 5.32 Å². The van der Waals surface area contributed by atoms with Crippen molar-refractivity contribution in [3.63, 3.8) is 0 Å². The predicted octanol–water partition coefficient (Wildman–Crippen LogP) is 3.55. The Morgan fingerprint density at radius 3 is 2.65 bits per heavy atom. The molecule has 0 heterocycles. The molecule has 23 heavy (non-hydrogen) atoms. The molecule has 0 spiro atoms. The Labute approximate surface area is 136 Å². The molecule has 0 aromatic heterocycles. The molecule has 0 saturated heterocycles. The van der Waals surface area contributed by atoms with Crippen molar-refractivity contribution in [2.24, 2.45) is 0 Å². The fourth-order valence-corrected chi connectivity index (χ4v) is 2.19. The highest BCUT2D eigenvalue weighted by Gasteiger charge is 2.13. The third-order valence-electron chi connectivity index (χ3n) is 3.28. The van der Waals surface area contributed by atoms with E-state index in [1.807, 2.05) is 38.1 Å². The number of benzene rings is 2. The minimum Gasteiger partial charge on any atom is -0.492 e. The smallest absolute Gasteiger partial charge is 0.253 e. The zero-order valence-electron chi connectivity index (χ0n) is 13.6. The van der Waals surface area contributed by atoms with Gasteiger partial charge in [-0.1, -0.05) is 19.1 Å². The molecule has 2 aromatic carbocycles. The second-order valence-corrected chi connectivity index (χ2v) is 5.12. The first-order valence-corrected chi connectivity index (χ1v) is 7.82. The van der Waals surface area contributed by atoms with Gasteiger partial charge in [0.1, 0.15) is 5.75 Å². The first kappa shape index (κ1) is 16.7. The normalized spacial score (nSPS) is 10.2. The fraction of sp³-hybridized carbons (Fsp3) is 0.278. The van der Waals surface area contributed by atoms with E-state index >= 15 is 0 Å². The van der Waals surface area contributed by atoms with Crippen molar-refractivity contribution in [2.75, 3.05) is 24.2 Å². The summed E-state index contributed by atoms with van der Waals surface area (Å²) >= 11 is 0. The van der Waals surface area contributed by atoms with Gasteiger partial charge in [-0.25, -0.2) is 0 Å². The quantitative estimate of drug-likeness (QED) is 0.683. The Hall–Kier alpha value is -2.69. The summed E-state index contributed by atoms with van der Waals surface area (Å²) < 4.78 is 5.61. The first-order chi connectivity index (χ1) is 11.2. The van der Waals surface area contributed by atoms with Crippen LogP contribution in [0.2, 0.25) is 0 Å². The maximum atomic E-state index is 12.3. The lowest BCUT2D eigenvalue weighted by Crippen LogP contribution is -2.25. The minimum absolute atomic E-state index is 0.143. The van der Waals surface area contributed by atoms with Crippen LogP contribution < -0.4 is 21.1 Å². The van der Waals surface area contributed by atoms with Gasteiger partial charge >= 0.3 is 0 Å². The Morgan fingerprint density at radius 1 is 1.13 bits per heavy atom. The summed E-state index contributed by atoms with van der Waals surface area (Å²) in [5, 5.41) is 6.15. The molecule has 0 aliphatic carbocycles. The van der Waals surface area contributed by atoms with Gasteiger partial charge in [-0.2, -0.15) is 0 Å². The van der Waals surface area contributed by atoms with E-state index in [4.69, 9.17) is 10.5 Å². The van der Waals surface area contributed by atoms with Crippen LogP contribution in [0, 0.1) is 0 Å². The Morgan fingerprint density at radius 2 is 1.91 bits per heavy atom. The number of nitrogen functional groups attached to an aromatic ring is 1. The number of amides is 1. The van der Waals surface area contributed by atoms with E-state index in [9.17, 15) is 4.79 Å². The van der Waals surface area contributed by atoms with Crippen LogP contribution in [-0.2, 0) is 0 Å². The molecule has 0 aliphatic rings. The third-order valence-corrected chi connectivity index (χ3v) is 3.28. The van der Waals surface area contributed by atoms with Crippen molar-refractivity contribution in [2.45, 2.75) is 20.3 Å². The maximum Gasteiger partial charge on any atom is 0.253 e. The Bertz CT molecular complexity index is 671. The van der Waals surface area contributed by atoms with E-state index in [2.05, 4.69) is 10.6 Å².